The van der Waals surface area contributed by atoms with E-state index in [9.17, 15) is 4.79 Å². The summed E-state index contributed by atoms with van der Waals surface area (Å²) in [4.78, 5) is 16.1. The van der Waals surface area contributed by atoms with Crippen LogP contribution in [0.1, 0.15) is 42.5 Å². The second-order valence-corrected chi connectivity index (χ2v) is 6.80. The van der Waals surface area contributed by atoms with E-state index in [4.69, 9.17) is 9.47 Å². The summed E-state index contributed by atoms with van der Waals surface area (Å²) in [5.41, 5.74) is 1.31. The van der Waals surface area contributed by atoms with Crippen molar-refractivity contribution in [2.75, 3.05) is 19.5 Å². The van der Waals surface area contributed by atoms with Crippen LogP contribution < -0.4 is 10.1 Å². The standard InChI is InChI=1S/C16H21N3O3S/c1-16(2,3)14-18-15(23-19-14)17-9-10-6-7-11(13(20)22-5)12(8-10)21-4/h6-8H,9H2,1-5H3,(H,17,18,19). The lowest BCUT2D eigenvalue weighted by molar-refractivity contribution is 0.0597. The highest BCUT2D eigenvalue weighted by atomic mass is 32.1. The molecular weight excluding hydrogens is 314 g/mol. The quantitative estimate of drug-likeness (QED) is 0.846. The van der Waals surface area contributed by atoms with Crippen molar-refractivity contribution < 1.29 is 14.3 Å². The highest BCUT2D eigenvalue weighted by molar-refractivity contribution is 7.09. The molecule has 0 saturated heterocycles. The fourth-order valence-corrected chi connectivity index (χ4v) is 2.65. The molecule has 0 fully saturated rings. The van der Waals surface area contributed by atoms with Gasteiger partial charge >= 0.3 is 5.97 Å². The number of hydrogen-bond donors (Lipinski definition) is 1. The number of nitrogens with zero attached hydrogens (tertiary/aromatic N) is 2. The van der Waals surface area contributed by atoms with E-state index in [1.54, 1.807) is 6.07 Å². The van der Waals surface area contributed by atoms with Crippen molar-refractivity contribution in [1.82, 2.24) is 9.36 Å². The fraction of sp³-hybridized carbons (Fsp3) is 0.438. The van der Waals surface area contributed by atoms with Crippen molar-refractivity contribution in [3.8, 4) is 5.75 Å². The van der Waals surface area contributed by atoms with Crippen LogP contribution >= 0.6 is 11.5 Å². The highest BCUT2D eigenvalue weighted by Crippen LogP contribution is 2.24. The number of benzene rings is 1. The van der Waals surface area contributed by atoms with Gasteiger partial charge in [-0.05, 0) is 17.7 Å². The van der Waals surface area contributed by atoms with Crippen LogP contribution in [-0.4, -0.2) is 29.5 Å². The lowest BCUT2D eigenvalue weighted by Crippen LogP contribution is -2.13. The number of carbonyl (C=O) groups is 1. The van der Waals surface area contributed by atoms with Crippen LogP contribution in [0.2, 0.25) is 0 Å². The van der Waals surface area contributed by atoms with Crippen molar-refractivity contribution in [1.29, 1.82) is 0 Å². The Kier molecular flexibility index (Phi) is 5.20. The van der Waals surface area contributed by atoms with E-state index in [2.05, 4.69) is 35.4 Å². The number of esters is 1. The lowest BCUT2D eigenvalue weighted by atomic mass is 9.96. The molecule has 2 aromatic rings. The normalized spacial score (nSPS) is 11.2. The average molecular weight is 335 g/mol. The molecule has 0 bridgehead atoms. The van der Waals surface area contributed by atoms with E-state index >= 15 is 0 Å². The van der Waals surface area contributed by atoms with Gasteiger partial charge in [0.1, 0.15) is 17.1 Å². The van der Waals surface area contributed by atoms with E-state index in [0.29, 0.717) is 17.9 Å². The number of ether oxygens (including phenoxy) is 2. The van der Waals surface area contributed by atoms with Crippen molar-refractivity contribution in [2.45, 2.75) is 32.7 Å². The van der Waals surface area contributed by atoms with Gasteiger partial charge in [-0.15, -0.1) is 0 Å². The predicted molar refractivity (Wildman–Crippen MR) is 90.3 cm³/mol. The summed E-state index contributed by atoms with van der Waals surface area (Å²) < 4.78 is 14.4. The number of methoxy groups -OCH3 is 2. The van der Waals surface area contributed by atoms with Crippen LogP contribution in [0.5, 0.6) is 5.75 Å². The van der Waals surface area contributed by atoms with Crippen molar-refractivity contribution >= 4 is 22.6 Å². The van der Waals surface area contributed by atoms with Gasteiger partial charge in [-0.1, -0.05) is 26.8 Å². The van der Waals surface area contributed by atoms with Crippen LogP contribution in [0.25, 0.3) is 0 Å². The van der Waals surface area contributed by atoms with Gasteiger partial charge in [0.25, 0.3) is 0 Å². The molecule has 0 aliphatic rings. The molecule has 1 aromatic carbocycles. The van der Waals surface area contributed by atoms with Gasteiger partial charge in [-0.3, -0.25) is 0 Å². The molecule has 124 valence electrons. The molecule has 1 aromatic heterocycles. The summed E-state index contributed by atoms with van der Waals surface area (Å²) in [6.45, 7) is 6.80. The third-order valence-electron chi connectivity index (χ3n) is 3.21. The summed E-state index contributed by atoms with van der Waals surface area (Å²) in [5.74, 6) is 0.896. The molecule has 1 heterocycles. The van der Waals surface area contributed by atoms with Crippen molar-refractivity contribution in [2.24, 2.45) is 0 Å². The first-order valence-corrected chi connectivity index (χ1v) is 7.95. The zero-order valence-electron chi connectivity index (χ0n) is 14.0. The lowest BCUT2D eigenvalue weighted by Gasteiger charge is -2.12. The molecule has 7 heteroatoms. The number of carbonyl (C=O) groups excluding carboxylic acids is 1. The Hall–Kier alpha value is -2.15. The van der Waals surface area contributed by atoms with Gasteiger partial charge in [-0.2, -0.15) is 4.37 Å². The van der Waals surface area contributed by atoms with Crippen molar-refractivity contribution in [3.63, 3.8) is 0 Å². The Morgan fingerprint density at radius 3 is 2.61 bits per heavy atom. The maximum atomic E-state index is 11.6. The van der Waals surface area contributed by atoms with Gasteiger partial charge in [0.15, 0.2) is 0 Å². The minimum atomic E-state index is -0.416. The Bertz CT molecular complexity index is 692. The van der Waals surface area contributed by atoms with Crippen LogP contribution in [0, 0.1) is 0 Å². The summed E-state index contributed by atoms with van der Waals surface area (Å²) >= 11 is 1.34. The Morgan fingerprint density at radius 2 is 2.04 bits per heavy atom. The zero-order chi connectivity index (χ0) is 17.0. The van der Waals surface area contributed by atoms with E-state index < -0.39 is 5.97 Å². The van der Waals surface area contributed by atoms with Gasteiger partial charge in [0, 0.05) is 23.5 Å². The number of rotatable bonds is 5. The zero-order valence-corrected chi connectivity index (χ0v) is 14.8. The smallest absolute Gasteiger partial charge is 0.341 e. The Morgan fingerprint density at radius 1 is 1.30 bits per heavy atom. The number of hydrogen-bond acceptors (Lipinski definition) is 7. The molecule has 0 aliphatic heterocycles. The van der Waals surface area contributed by atoms with E-state index in [1.807, 2.05) is 12.1 Å². The summed E-state index contributed by atoms with van der Waals surface area (Å²) in [5, 5.41) is 4.01. The first-order chi connectivity index (χ1) is 10.8. The monoisotopic (exact) mass is 335 g/mol. The first kappa shape index (κ1) is 17.2. The summed E-state index contributed by atoms with van der Waals surface area (Å²) in [6, 6.07) is 5.36. The molecule has 1 N–H and O–H groups in total. The molecule has 0 amide bonds. The molecule has 0 unspecified atom stereocenters. The fourth-order valence-electron chi connectivity index (χ4n) is 1.90. The summed E-state index contributed by atoms with van der Waals surface area (Å²) in [6.07, 6.45) is 0. The van der Waals surface area contributed by atoms with Crippen LogP contribution in [0.3, 0.4) is 0 Å². The SMILES string of the molecule is COC(=O)c1ccc(CNc2nc(C(C)(C)C)ns2)cc1OC. The molecule has 6 nitrogen and oxygen atoms in total. The maximum Gasteiger partial charge on any atom is 0.341 e. The minimum absolute atomic E-state index is 0.0676. The molecule has 0 aliphatic carbocycles. The van der Waals surface area contributed by atoms with E-state index in [0.717, 1.165) is 16.5 Å². The topological polar surface area (TPSA) is 73.3 Å². The summed E-state index contributed by atoms with van der Waals surface area (Å²) in [7, 11) is 2.87. The van der Waals surface area contributed by atoms with Crippen molar-refractivity contribution in [3.05, 3.63) is 35.2 Å². The predicted octanol–water partition coefficient (Wildman–Crippen LogP) is 3.24. The van der Waals surface area contributed by atoms with Gasteiger partial charge < -0.3 is 14.8 Å². The number of nitrogens with one attached hydrogen (secondary N) is 1. The highest BCUT2D eigenvalue weighted by Gasteiger charge is 2.19. The number of aromatic nitrogens is 2. The molecule has 2 rings (SSSR count). The van der Waals surface area contributed by atoms with Gasteiger partial charge in [0.05, 0.1) is 14.2 Å². The molecule has 0 radical (unpaired) electrons. The van der Waals surface area contributed by atoms with Gasteiger partial charge in [-0.25, -0.2) is 9.78 Å². The molecular formula is C16H21N3O3S. The number of anilines is 1. The Labute approximate surface area is 140 Å². The third kappa shape index (κ3) is 4.19. The minimum Gasteiger partial charge on any atom is -0.496 e. The second kappa shape index (κ2) is 6.95. The van der Waals surface area contributed by atoms with Gasteiger partial charge in [0.2, 0.25) is 5.13 Å². The second-order valence-electron chi connectivity index (χ2n) is 6.05. The largest absolute Gasteiger partial charge is 0.496 e. The molecule has 0 spiro atoms. The van der Waals surface area contributed by atoms with E-state index in [-0.39, 0.29) is 5.41 Å². The molecule has 0 saturated carbocycles. The van der Waals surface area contributed by atoms with Crippen LogP contribution in [0.4, 0.5) is 5.13 Å². The van der Waals surface area contributed by atoms with E-state index in [1.165, 1.54) is 25.8 Å². The third-order valence-corrected chi connectivity index (χ3v) is 3.88. The molecule has 0 atom stereocenters. The van der Waals surface area contributed by atoms with Crippen LogP contribution in [0.15, 0.2) is 18.2 Å². The maximum absolute atomic E-state index is 11.6. The average Bonchev–Trinajstić information content (AvgIpc) is 3.01. The Balaban J connectivity index is 2.09. The molecule has 23 heavy (non-hydrogen) atoms. The van der Waals surface area contributed by atoms with Crippen LogP contribution in [-0.2, 0) is 16.7 Å². The first-order valence-electron chi connectivity index (χ1n) is 7.18.